The summed E-state index contributed by atoms with van der Waals surface area (Å²) < 4.78 is 25.5. The number of nitrogens with one attached hydrogen (secondary N) is 2. The van der Waals surface area contributed by atoms with E-state index in [1.807, 2.05) is 17.0 Å². The quantitative estimate of drug-likeness (QED) is 0.788. The molecule has 2 fully saturated rings. The van der Waals surface area contributed by atoms with Crippen molar-refractivity contribution in [3.05, 3.63) is 35.4 Å². The fourth-order valence-corrected chi connectivity index (χ4v) is 4.24. The highest BCUT2D eigenvalue weighted by atomic mass is 35.5. The van der Waals surface area contributed by atoms with Gasteiger partial charge in [-0.05, 0) is 55.8 Å². The minimum atomic E-state index is -3.20. The van der Waals surface area contributed by atoms with E-state index in [0.717, 1.165) is 44.6 Å². The minimum Gasteiger partial charge on any atom is -0.339 e. The zero-order chi connectivity index (χ0) is 17.9. The van der Waals surface area contributed by atoms with Crippen molar-refractivity contribution in [1.82, 2.24) is 14.9 Å². The highest BCUT2D eigenvalue weighted by Crippen LogP contribution is 2.37. The summed E-state index contributed by atoms with van der Waals surface area (Å²) in [5.74, 6) is 0.136. The third-order valence-corrected chi connectivity index (χ3v) is 6.86. The first-order chi connectivity index (χ1) is 11.9. The molecule has 2 heterocycles. The van der Waals surface area contributed by atoms with Gasteiger partial charge in [-0.1, -0.05) is 12.1 Å². The SMILES string of the molecule is CCS(=O)(=O)NCc1ccc(C(=O)N2CCC3(CCNC3)CC2)cc1.Cl. The van der Waals surface area contributed by atoms with Crippen LogP contribution in [0.2, 0.25) is 0 Å². The van der Waals surface area contributed by atoms with Gasteiger partial charge in [0.25, 0.3) is 5.91 Å². The number of sulfonamides is 1. The molecular weight excluding hydrogens is 374 g/mol. The number of piperidine rings is 1. The molecule has 1 aromatic carbocycles. The van der Waals surface area contributed by atoms with Crippen molar-refractivity contribution < 1.29 is 13.2 Å². The van der Waals surface area contributed by atoms with E-state index in [1.54, 1.807) is 19.1 Å². The smallest absolute Gasteiger partial charge is 0.253 e. The number of rotatable bonds is 5. The summed E-state index contributed by atoms with van der Waals surface area (Å²) in [6.45, 7) is 5.67. The largest absolute Gasteiger partial charge is 0.339 e. The van der Waals surface area contributed by atoms with E-state index in [1.165, 1.54) is 6.42 Å². The van der Waals surface area contributed by atoms with E-state index in [0.29, 0.717) is 11.0 Å². The summed E-state index contributed by atoms with van der Waals surface area (Å²) >= 11 is 0. The summed E-state index contributed by atoms with van der Waals surface area (Å²) in [7, 11) is -3.20. The Balaban J connectivity index is 0.00000243. The van der Waals surface area contributed by atoms with Gasteiger partial charge in [-0.25, -0.2) is 13.1 Å². The van der Waals surface area contributed by atoms with Crippen molar-refractivity contribution in [3.8, 4) is 0 Å². The molecule has 0 saturated carbocycles. The summed E-state index contributed by atoms with van der Waals surface area (Å²) in [6, 6.07) is 7.22. The molecular formula is C18H28ClN3O3S. The molecule has 6 nitrogen and oxygen atoms in total. The molecule has 26 heavy (non-hydrogen) atoms. The summed E-state index contributed by atoms with van der Waals surface area (Å²) in [5.41, 5.74) is 1.92. The van der Waals surface area contributed by atoms with E-state index < -0.39 is 10.0 Å². The number of carbonyl (C=O) groups is 1. The predicted molar refractivity (Wildman–Crippen MR) is 105 cm³/mol. The van der Waals surface area contributed by atoms with Gasteiger partial charge in [-0.15, -0.1) is 12.4 Å². The predicted octanol–water partition coefficient (Wildman–Crippen LogP) is 1.76. The average molecular weight is 402 g/mol. The number of nitrogens with zero attached hydrogens (tertiary/aromatic N) is 1. The van der Waals surface area contributed by atoms with Gasteiger partial charge < -0.3 is 10.2 Å². The highest BCUT2D eigenvalue weighted by Gasteiger charge is 2.38. The van der Waals surface area contributed by atoms with Crippen molar-refractivity contribution in [2.24, 2.45) is 5.41 Å². The van der Waals surface area contributed by atoms with Crippen molar-refractivity contribution >= 4 is 28.3 Å². The van der Waals surface area contributed by atoms with Gasteiger partial charge in [0.05, 0.1) is 5.75 Å². The van der Waals surface area contributed by atoms with E-state index in [-0.39, 0.29) is 30.6 Å². The third kappa shape index (κ3) is 4.97. The number of likely N-dealkylation sites (tertiary alicyclic amines) is 1. The van der Waals surface area contributed by atoms with Crippen LogP contribution in [-0.4, -0.2) is 51.2 Å². The maximum absolute atomic E-state index is 12.7. The fraction of sp³-hybridized carbons (Fsp3) is 0.611. The van der Waals surface area contributed by atoms with Gasteiger partial charge in [-0.3, -0.25) is 4.79 Å². The summed E-state index contributed by atoms with van der Waals surface area (Å²) in [5, 5.41) is 3.44. The van der Waals surface area contributed by atoms with Crippen LogP contribution in [0.5, 0.6) is 0 Å². The van der Waals surface area contributed by atoms with Crippen LogP contribution in [0.15, 0.2) is 24.3 Å². The maximum Gasteiger partial charge on any atom is 0.253 e. The van der Waals surface area contributed by atoms with Crippen LogP contribution in [0, 0.1) is 5.41 Å². The third-order valence-electron chi connectivity index (χ3n) is 5.52. The Hall–Kier alpha value is -1.15. The van der Waals surface area contributed by atoms with Crippen molar-refractivity contribution in [1.29, 1.82) is 0 Å². The van der Waals surface area contributed by atoms with Crippen LogP contribution in [0.3, 0.4) is 0 Å². The number of benzene rings is 1. The Kier molecular flexibility index (Phi) is 7.07. The van der Waals surface area contributed by atoms with Crippen LogP contribution in [0.4, 0.5) is 0 Å². The van der Waals surface area contributed by atoms with Gasteiger partial charge in [0.2, 0.25) is 10.0 Å². The van der Waals surface area contributed by atoms with Gasteiger partial charge in [0.1, 0.15) is 0 Å². The topological polar surface area (TPSA) is 78.5 Å². The van der Waals surface area contributed by atoms with E-state index >= 15 is 0 Å². The number of hydrogen-bond donors (Lipinski definition) is 2. The van der Waals surface area contributed by atoms with Crippen molar-refractivity contribution in [3.63, 3.8) is 0 Å². The monoisotopic (exact) mass is 401 g/mol. The van der Waals surface area contributed by atoms with Crippen LogP contribution in [-0.2, 0) is 16.6 Å². The number of hydrogen-bond acceptors (Lipinski definition) is 4. The zero-order valence-corrected chi connectivity index (χ0v) is 16.8. The minimum absolute atomic E-state index is 0. The lowest BCUT2D eigenvalue weighted by atomic mass is 9.78. The molecule has 0 atom stereocenters. The molecule has 1 amide bonds. The number of amides is 1. The molecule has 1 spiro atoms. The van der Waals surface area contributed by atoms with Crippen LogP contribution < -0.4 is 10.0 Å². The first-order valence-corrected chi connectivity index (χ1v) is 10.6. The van der Waals surface area contributed by atoms with Gasteiger partial charge in [0, 0.05) is 31.7 Å². The Morgan fingerprint density at radius 1 is 1.19 bits per heavy atom. The van der Waals surface area contributed by atoms with Crippen LogP contribution >= 0.6 is 12.4 Å². The molecule has 1 aromatic rings. The lowest BCUT2D eigenvalue weighted by molar-refractivity contribution is 0.0607. The number of halogens is 1. The molecule has 8 heteroatoms. The second kappa shape index (κ2) is 8.69. The molecule has 3 rings (SSSR count). The van der Waals surface area contributed by atoms with Gasteiger partial charge in [-0.2, -0.15) is 0 Å². The second-order valence-corrected chi connectivity index (χ2v) is 9.24. The molecule has 0 bridgehead atoms. The number of carbonyl (C=O) groups excluding carboxylic acids is 1. The molecule has 0 aromatic heterocycles. The fourth-order valence-electron chi connectivity index (χ4n) is 3.65. The molecule has 0 radical (unpaired) electrons. The summed E-state index contributed by atoms with van der Waals surface area (Å²) in [4.78, 5) is 14.6. The highest BCUT2D eigenvalue weighted by molar-refractivity contribution is 7.89. The van der Waals surface area contributed by atoms with Crippen molar-refractivity contribution in [2.45, 2.75) is 32.7 Å². The molecule has 2 aliphatic rings. The van der Waals surface area contributed by atoms with Crippen LogP contribution in [0.1, 0.15) is 42.1 Å². The lowest BCUT2D eigenvalue weighted by Crippen LogP contribution is -2.44. The second-order valence-electron chi connectivity index (χ2n) is 7.14. The molecule has 2 N–H and O–H groups in total. The Morgan fingerprint density at radius 2 is 1.85 bits per heavy atom. The molecule has 0 aliphatic carbocycles. The average Bonchev–Trinajstić information content (AvgIpc) is 3.09. The Morgan fingerprint density at radius 3 is 2.38 bits per heavy atom. The van der Waals surface area contributed by atoms with E-state index in [4.69, 9.17) is 0 Å². The lowest BCUT2D eigenvalue weighted by Gasteiger charge is -2.38. The summed E-state index contributed by atoms with van der Waals surface area (Å²) in [6.07, 6.45) is 3.36. The van der Waals surface area contributed by atoms with Crippen molar-refractivity contribution in [2.75, 3.05) is 31.9 Å². The first-order valence-electron chi connectivity index (χ1n) is 8.99. The van der Waals surface area contributed by atoms with E-state index in [9.17, 15) is 13.2 Å². The molecule has 0 unspecified atom stereocenters. The Bertz CT molecular complexity index is 706. The Labute approximate surface area is 162 Å². The first kappa shape index (κ1) is 21.2. The van der Waals surface area contributed by atoms with Gasteiger partial charge in [0.15, 0.2) is 0 Å². The van der Waals surface area contributed by atoms with Crippen LogP contribution in [0.25, 0.3) is 0 Å². The van der Waals surface area contributed by atoms with E-state index in [2.05, 4.69) is 10.0 Å². The zero-order valence-electron chi connectivity index (χ0n) is 15.2. The maximum atomic E-state index is 12.7. The standard InChI is InChI=1S/C18H27N3O3S.ClH/c1-2-25(23,24)20-13-15-3-5-16(6-4-15)17(22)21-11-8-18(9-12-21)7-10-19-14-18;/h3-6,19-20H,2,7-14H2,1H3;1H. The normalized spacial score (nSPS) is 19.3. The molecule has 2 aliphatic heterocycles. The molecule has 2 saturated heterocycles. The molecule has 146 valence electrons. The van der Waals surface area contributed by atoms with Gasteiger partial charge >= 0.3 is 0 Å².